The van der Waals surface area contributed by atoms with Crippen LogP contribution in [0.5, 0.6) is 0 Å². The molecule has 0 aromatic rings. The zero-order valence-electron chi connectivity index (χ0n) is 5.63. The molecule has 0 amide bonds. The van der Waals surface area contributed by atoms with Crippen LogP contribution >= 0.6 is 0 Å². The van der Waals surface area contributed by atoms with Crippen molar-refractivity contribution in [2.75, 3.05) is 0 Å². The molecule has 1 aliphatic rings. The lowest BCUT2D eigenvalue weighted by Gasteiger charge is -2.04. The van der Waals surface area contributed by atoms with Crippen molar-refractivity contribution in [2.45, 2.75) is 25.4 Å². The Morgan fingerprint density at radius 2 is 2.40 bits per heavy atom. The highest BCUT2D eigenvalue weighted by atomic mass is 16.4. The van der Waals surface area contributed by atoms with E-state index in [0.29, 0.717) is 6.42 Å². The number of Topliss-reactive ketones (excluding diaryl/α,β-unsaturated/α-hetero) is 1. The van der Waals surface area contributed by atoms with Crippen LogP contribution < -0.4 is 5.32 Å². The Balaban J connectivity index is 2.25. The zero-order chi connectivity index (χ0) is 7.72. The first-order valence-corrected chi connectivity index (χ1v) is 3.13. The van der Waals surface area contributed by atoms with E-state index in [2.05, 4.69) is 5.32 Å². The van der Waals surface area contributed by atoms with Crippen molar-refractivity contribution in [3.8, 4) is 0 Å². The number of carbonyl (C=O) groups excluding carboxylic acids is 1. The fourth-order valence-electron chi connectivity index (χ4n) is 0.667. The Labute approximate surface area is 58.2 Å². The first-order valence-electron chi connectivity index (χ1n) is 3.13. The highest BCUT2D eigenvalue weighted by Crippen LogP contribution is 2.13. The van der Waals surface area contributed by atoms with Gasteiger partial charge >= 0.3 is 5.97 Å². The smallest absolute Gasteiger partial charge is 0.320 e. The maximum absolute atomic E-state index is 10.4. The Morgan fingerprint density at radius 3 is 2.70 bits per heavy atom. The molecule has 1 saturated carbocycles. The van der Waals surface area contributed by atoms with Gasteiger partial charge in [-0.15, -0.1) is 0 Å². The highest BCUT2D eigenvalue weighted by Gasteiger charge is 2.36. The lowest BCUT2D eigenvalue weighted by molar-refractivity contribution is -0.139. The normalized spacial score (nSPS) is 26.1. The van der Waals surface area contributed by atoms with Crippen LogP contribution in [0.4, 0.5) is 0 Å². The second-order valence-electron chi connectivity index (χ2n) is 2.45. The van der Waals surface area contributed by atoms with Crippen molar-refractivity contribution < 1.29 is 14.7 Å². The van der Waals surface area contributed by atoms with Gasteiger partial charge in [0.1, 0.15) is 6.04 Å². The molecule has 0 spiro atoms. The topological polar surface area (TPSA) is 66.4 Å². The number of rotatable bonds is 3. The molecule has 0 heterocycles. The second kappa shape index (κ2) is 2.38. The summed E-state index contributed by atoms with van der Waals surface area (Å²) in [5.41, 5.74) is 0. The van der Waals surface area contributed by atoms with Gasteiger partial charge in [-0.2, -0.15) is 0 Å². The van der Waals surface area contributed by atoms with Crippen molar-refractivity contribution in [1.82, 2.24) is 5.32 Å². The number of carboxylic acids is 1. The quantitative estimate of drug-likeness (QED) is 0.553. The molecular formula is C6H9NO3. The largest absolute Gasteiger partial charge is 0.480 e. The molecule has 1 aliphatic carbocycles. The van der Waals surface area contributed by atoms with Crippen LogP contribution in [-0.2, 0) is 9.59 Å². The van der Waals surface area contributed by atoms with Crippen LogP contribution in [0, 0.1) is 0 Å². The number of hydrogen-bond donors (Lipinski definition) is 2. The van der Waals surface area contributed by atoms with Gasteiger partial charge in [-0.05, 0) is 6.92 Å². The average molecular weight is 143 g/mol. The van der Waals surface area contributed by atoms with Gasteiger partial charge in [-0.1, -0.05) is 0 Å². The summed E-state index contributed by atoms with van der Waals surface area (Å²) < 4.78 is 0. The second-order valence-corrected chi connectivity index (χ2v) is 2.45. The molecule has 0 bridgehead atoms. The standard InChI is InChI=1S/C6H9NO3/c1-3(6(9)10)7-4-2-5(4)8/h3-4,7H,2H2,1H3,(H,9,10). The van der Waals surface area contributed by atoms with E-state index in [1.54, 1.807) is 0 Å². The number of nitrogens with one attached hydrogen (secondary N) is 1. The minimum Gasteiger partial charge on any atom is -0.480 e. The van der Waals surface area contributed by atoms with E-state index >= 15 is 0 Å². The molecule has 0 saturated heterocycles. The third-order valence-corrected chi connectivity index (χ3v) is 1.46. The third kappa shape index (κ3) is 1.54. The summed E-state index contributed by atoms with van der Waals surface area (Å²) >= 11 is 0. The summed E-state index contributed by atoms with van der Waals surface area (Å²) in [7, 11) is 0. The fraction of sp³-hybridized carbons (Fsp3) is 0.667. The molecule has 0 radical (unpaired) electrons. The van der Waals surface area contributed by atoms with Crippen molar-refractivity contribution in [3.05, 3.63) is 0 Å². The van der Waals surface area contributed by atoms with E-state index in [1.807, 2.05) is 0 Å². The van der Waals surface area contributed by atoms with Crippen LogP contribution in [0.3, 0.4) is 0 Å². The van der Waals surface area contributed by atoms with Gasteiger partial charge in [0.2, 0.25) is 0 Å². The van der Waals surface area contributed by atoms with E-state index in [0.717, 1.165) is 0 Å². The van der Waals surface area contributed by atoms with E-state index in [9.17, 15) is 9.59 Å². The summed E-state index contributed by atoms with van der Waals surface area (Å²) in [5, 5.41) is 11.0. The predicted molar refractivity (Wildman–Crippen MR) is 33.6 cm³/mol. The number of hydrogen-bond acceptors (Lipinski definition) is 3. The molecule has 4 nitrogen and oxygen atoms in total. The summed E-state index contributed by atoms with van der Waals surface area (Å²) in [5.74, 6) is -0.812. The molecule has 2 atom stereocenters. The Kier molecular flexibility index (Phi) is 1.72. The number of carbonyl (C=O) groups is 2. The molecule has 1 fully saturated rings. The van der Waals surface area contributed by atoms with E-state index in [4.69, 9.17) is 5.11 Å². The molecule has 2 N–H and O–H groups in total. The van der Waals surface area contributed by atoms with Gasteiger partial charge in [-0.3, -0.25) is 14.9 Å². The van der Waals surface area contributed by atoms with Crippen LogP contribution in [0.1, 0.15) is 13.3 Å². The lowest BCUT2D eigenvalue weighted by Crippen LogP contribution is -2.35. The van der Waals surface area contributed by atoms with E-state index in [1.165, 1.54) is 6.92 Å². The summed E-state index contributed by atoms with van der Waals surface area (Å²) in [6.45, 7) is 1.52. The maximum atomic E-state index is 10.4. The van der Waals surface area contributed by atoms with Gasteiger partial charge in [-0.25, -0.2) is 0 Å². The first-order chi connectivity index (χ1) is 4.61. The SMILES string of the molecule is CC(NC1CC1=O)C(=O)O. The summed E-state index contributed by atoms with van der Waals surface area (Å²) in [6, 6.07) is -0.803. The number of aliphatic carboxylic acids is 1. The molecule has 2 unspecified atom stereocenters. The molecule has 0 aromatic carbocycles. The van der Waals surface area contributed by atoms with Gasteiger partial charge < -0.3 is 5.11 Å². The van der Waals surface area contributed by atoms with Gasteiger partial charge in [0.15, 0.2) is 5.78 Å². The Hall–Kier alpha value is -0.900. The van der Waals surface area contributed by atoms with Crippen molar-refractivity contribution in [1.29, 1.82) is 0 Å². The number of ketones is 1. The van der Waals surface area contributed by atoms with Crippen LogP contribution in [0.2, 0.25) is 0 Å². The van der Waals surface area contributed by atoms with E-state index < -0.39 is 12.0 Å². The van der Waals surface area contributed by atoms with Gasteiger partial charge in [0.05, 0.1) is 6.04 Å². The predicted octanol–water partition coefficient (Wildman–Crippen LogP) is -0.610. The van der Waals surface area contributed by atoms with Gasteiger partial charge in [0.25, 0.3) is 0 Å². The monoisotopic (exact) mass is 143 g/mol. The minimum absolute atomic E-state index is 0.105. The third-order valence-electron chi connectivity index (χ3n) is 1.46. The van der Waals surface area contributed by atoms with Crippen molar-refractivity contribution in [3.63, 3.8) is 0 Å². The van der Waals surface area contributed by atoms with Crippen LogP contribution in [0.15, 0.2) is 0 Å². The molecule has 56 valence electrons. The molecular weight excluding hydrogens is 134 g/mol. The van der Waals surface area contributed by atoms with Crippen LogP contribution in [-0.4, -0.2) is 28.9 Å². The molecule has 0 aliphatic heterocycles. The van der Waals surface area contributed by atoms with Crippen molar-refractivity contribution in [2.24, 2.45) is 0 Å². The zero-order valence-corrected chi connectivity index (χ0v) is 5.63. The van der Waals surface area contributed by atoms with E-state index in [-0.39, 0.29) is 11.8 Å². The average Bonchev–Trinajstić information content (AvgIpc) is 2.46. The number of carboxylic acid groups (broad SMARTS) is 1. The van der Waals surface area contributed by atoms with Crippen LogP contribution in [0.25, 0.3) is 0 Å². The molecule has 0 aromatic heterocycles. The fourth-order valence-corrected chi connectivity index (χ4v) is 0.667. The van der Waals surface area contributed by atoms with Crippen molar-refractivity contribution >= 4 is 11.8 Å². The molecule has 4 heteroatoms. The Bertz CT molecular complexity index is 178. The lowest BCUT2D eigenvalue weighted by atomic mass is 10.3. The molecule has 1 rings (SSSR count). The Morgan fingerprint density at radius 1 is 1.90 bits per heavy atom. The summed E-state index contributed by atoms with van der Waals surface area (Å²) in [4.78, 5) is 20.6. The maximum Gasteiger partial charge on any atom is 0.320 e. The summed E-state index contributed by atoms with van der Waals surface area (Å²) in [6.07, 6.45) is 0.484. The van der Waals surface area contributed by atoms with Gasteiger partial charge in [0, 0.05) is 6.42 Å². The highest BCUT2D eigenvalue weighted by molar-refractivity contribution is 6.00. The minimum atomic E-state index is -0.917. The first kappa shape index (κ1) is 7.21. The molecule has 10 heavy (non-hydrogen) atoms.